The van der Waals surface area contributed by atoms with E-state index in [9.17, 15) is 0 Å². The molecule has 2 aromatic carbocycles. The summed E-state index contributed by atoms with van der Waals surface area (Å²) in [6.45, 7) is 0.791. The number of benzene rings is 2. The summed E-state index contributed by atoms with van der Waals surface area (Å²) in [5.41, 5.74) is 5.69. The summed E-state index contributed by atoms with van der Waals surface area (Å²) in [6, 6.07) is 4.29. The molecule has 2 aliphatic heterocycles. The molecule has 1 aliphatic carbocycles. The molecular weight excluding hydrogens is 412 g/mol. The van der Waals surface area contributed by atoms with Crippen LogP contribution in [0.25, 0.3) is 0 Å². The Labute approximate surface area is 187 Å². The molecule has 0 saturated carbocycles. The molecule has 32 heavy (non-hydrogen) atoms. The first-order chi connectivity index (χ1) is 15.6. The molecule has 5 rings (SSSR count). The molecule has 0 aromatic heterocycles. The Hall–Kier alpha value is -3.42. The van der Waals surface area contributed by atoms with Crippen LogP contribution in [0.5, 0.6) is 34.5 Å². The van der Waals surface area contributed by atoms with Gasteiger partial charge in [-0.1, -0.05) is 0 Å². The van der Waals surface area contributed by atoms with Crippen LogP contribution in [0.3, 0.4) is 0 Å². The summed E-state index contributed by atoms with van der Waals surface area (Å²) in [5.74, 6) is 4.24. The van der Waals surface area contributed by atoms with Gasteiger partial charge in [0.25, 0.3) is 0 Å². The molecule has 0 N–H and O–H groups in total. The van der Waals surface area contributed by atoms with Crippen molar-refractivity contribution >= 4 is 11.9 Å². The Morgan fingerprint density at radius 1 is 0.719 bits per heavy atom. The number of hydrogen-bond donors (Lipinski definition) is 0. The summed E-state index contributed by atoms with van der Waals surface area (Å²) in [5, 5.41) is 0. The highest BCUT2D eigenvalue weighted by Gasteiger charge is 2.41. The number of ether oxygens (including phenoxy) is 6. The summed E-state index contributed by atoms with van der Waals surface area (Å²) in [6.07, 6.45) is 3.65. The number of methoxy groups -OCH3 is 6. The van der Waals surface area contributed by atoms with Gasteiger partial charge in [-0.05, 0) is 18.6 Å². The maximum Gasteiger partial charge on any atom is 0.203 e. The van der Waals surface area contributed by atoms with Crippen LogP contribution in [0.4, 0.5) is 0 Å². The molecule has 3 aliphatic rings. The number of fused-ring (bicyclic) bond motifs is 4. The molecule has 0 amide bonds. The van der Waals surface area contributed by atoms with Crippen molar-refractivity contribution < 1.29 is 28.4 Å². The molecule has 1 atom stereocenters. The molecule has 0 bridgehead atoms. The molecule has 1 unspecified atom stereocenters. The minimum Gasteiger partial charge on any atom is -0.493 e. The Morgan fingerprint density at radius 2 is 1.31 bits per heavy atom. The Bertz CT molecular complexity index is 1070. The third-order valence-corrected chi connectivity index (χ3v) is 5.84. The highest BCUT2D eigenvalue weighted by molar-refractivity contribution is 6.18. The van der Waals surface area contributed by atoms with Gasteiger partial charge >= 0.3 is 0 Å². The van der Waals surface area contributed by atoms with Crippen LogP contribution in [0, 0.1) is 0 Å². The first-order valence-electron chi connectivity index (χ1n) is 10.3. The van der Waals surface area contributed by atoms with E-state index in [-0.39, 0.29) is 0 Å². The zero-order chi connectivity index (χ0) is 22.8. The smallest absolute Gasteiger partial charge is 0.203 e. The molecular formula is C24H28N2O6. The van der Waals surface area contributed by atoms with Gasteiger partial charge < -0.3 is 28.4 Å². The molecule has 2 heterocycles. The summed E-state index contributed by atoms with van der Waals surface area (Å²) >= 11 is 0. The molecule has 0 spiro atoms. The van der Waals surface area contributed by atoms with Crippen molar-refractivity contribution in [1.82, 2.24) is 0 Å². The second-order valence-electron chi connectivity index (χ2n) is 7.40. The van der Waals surface area contributed by atoms with Crippen molar-refractivity contribution in [3.63, 3.8) is 0 Å². The molecule has 170 valence electrons. The van der Waals surface area contributed by atoms with E-state index in [2.05, 4.69) is 9.98 Å². The zero-order valence-electron chi connectivity index (χ0n) is 19.3. The molecule has 0 radical (unpaired) electrons. The monoisotopic (exact) mass is 440 g/mol. The van der Waals surface area contributed by atoms with Crippen molar-refractivity contribution in [2.45, 2.75) is 18.9 Å². The van der Waals surface area contributed by atoms with Gasteiger partial charge in [0.2, 0.25) is 11.5 Å². The van der Waals surface area contributed by atoms with Gasteiger partial charge in [-0.2, -0.15) is 0 Å². The van der Waals surface area contributed by atoms with E-state index in [1.54, 1.807) is 42.7 Å². The predicted molar refractivity (Wildman–Crippen MR) is 122 cm³/mol. The van der Waals surface area contributed by atoms with Gasteiger partial charge in [0, 0.05) is 41.4 Å². The van der Waals surface area contributed by atoms with E-state index in [0.29, 0.717) is 29.0 Å². The minimum absolute atomic E-state index is 0.376. The van der Waals surface area contributed by atoms with Gasteiger partial charge in [0.15, 0.2) is 23.0 Å². The first-order valence-corrected chi connectivity index (χ1v) is 10.3. The van der Waals surface area contributed by atoms with E-state index in [1.807, 2.05) is 18.3 Å². The zero-order valence-corrected chi connectivity index (χ0v) is 19.3. The van der Waals surface area contributed by atoms with E-state index in [4.69, 9.17) is 28.4 Å². The van der Waals surface area contributed by atoms with E-state index < -0.39 is 0 Å². The van der Waals surface area contributed by atoms with Crippen molar-refractivity contribution in [2.24, 2.45) is 9.98 Å². The molecule has 8 heteroatoms. The number of rotatable bonds is 6. The Morgan fingerprint density at radius 3 is 1.91 bits per heavy atom. The second kappa shape index (κ2) is 8.98. The quantitative estimate of drug-likeness (QED) is 0.687. The lowest BCUT2D eigenvalue weighted by Crippen LogP contribution is -2.07. The van der Waals surface area contributed by atoms with Crippen LogP contribution in [0.15, 0.2) is 22.1 Å². The van der Waals surface area contributed by atoms with Gasteiger partial charge in [-0.25, -0.2) is 0 Å². The molecule has 8 nitrogen and oxygen atoms in total. The molecule has 2 aromatic rings. The predicted octanol–water partition coefficient (Wildman–Crippen LogP) is 3.13. The topological polar surface area (TPSA) is 80.1 Å². The van der Waals surface area contributed by atoms with Crippen LogP contribution in [-0.4, -0.2) is 67.2 Å². The van der Waals surface area contributed by atoms with Gasteiger partial charge in [0.1, 0.15) is 0 Å². The Balaban J connectivity index is 0.000000153. The average Bonchev–Trinajstić information content (AvgIpc) is 3.52. The van der Waals surface area contributed by atoms with Crippen molar-refractivity contribution in [2.75, 3.05) is 49.2 Å². The van der Waals surface area contributed by atoms with Crippen molar-refractivity contribution in [3.05, 3.63) is 34.4 Å². The maximum atomic E-state index is 5.43. The summed E-state index contributed by atoms with van der Waals surface area (Å²) in [4.78, 5) is 8.62. The van der Waals surface area contributed by atoms with Crippen LogP contribution < -0.4 is 28.4 Å². The fraction of sp³-hybridized carbons (Fsp3) is 0.417. The van der Waals surface area contributed by atoms with Crippen LogP contribution >= 0.6 is 0 Å². The maximum absolute atomic E-state index is 5.43. The Kier molecular flexibility index (Phi) is 6.12. The summed E-state index contributed by atoms with van der Waals surface area (Å²) < 4.78 is 32.1. The third kappa shape index (κ3) is 3.59. The fourth-order valence-electron chi connectivity index (χ4n) is 4.31. The summed E-state index contributed by atoms with van der Waals surface area (Å²) in [7, 11) is 9.78. The lowest BCUT2D eigenvalue weighted by atomic mass is 10.0. The second-order valence-corrected chi connectivity index (χ2v) is 7.40. The fourth-order valence-corrected chi connectivity index (χ4v) is 4.31. The van der Waals surface area contributed by atoms with Gasteiger partial charge in [-0.15, -0.1) is 0 Å². The normalized spacial score (nSPS) is 16.4. The van der Waals surface area contributed by atoms with Crippen molar-refractivity contribution in [3.8, 4) is 34.5 Å². The van der Waals surface area contributed by atoms with Crippen LogP contribution in [0.1, 0.15) is 22.3 Å². The lowest BCUT2D eigenvalue weighted by Gasteiger charge is -2.19. The van der Waals surface area contributed by atoms with Gasteiger partial charge in [-0.3, -0.25) is 9.98 Å². The highest BCUT2D eigenvalue weighted by Crippen LogP contribution is 2.48. The van der Waals surface area contributed by atoms with E-state index in [1.165, 1.54) is 11.3 Å². The lowest BCUT2D eigenvalue weighted by molar-refractivity contribution is 0.322. The molecule has 0 fully saturated rings. The number of nitrogens with zero attached hydrogens (tertiary/aromatic N) is 2. The van der Waals surface area contributed by atoms with E-state index >= 15 is 0 Å². The molecule has 0 saturated heterocycles. The van der Waals surface area contributed by atoms with Gasteiger partial charge in [0.05, 0.1) is 54.4 Å². The largest absolute Gasteiger partial charge is 0.493 e. The third-order valence-electron chi connectivity index (χ3n) is 5.84. The van der Waals surface area contributed by atoms with Crippen molar-refractivity contribution in [1.29, 1.82) is 0 Å². The first kappa shape index (κ1) is 21.8. The SMILES string of the molecule is COc1cc2c(c(OC)c1OC)CC1N=C21.COc1cc2c(c(OC)c1OC)CCN=C2. The highest BCUT2D eigenvalue weighted by atomic mass is 16.5. The number of aliphatic imine (C=N–C) groups is 2. The van der Waals surface area contributed by atoms with Crippen LogP contribution in [0.2, 0.25) is 0 Å². The minimum atomic E-state index is 0.376. The van der Waals surface area contributed by atoms with Crippen LogP contribution in [-0.2, 0) is 12.8 Å². The van der Waals surface area contributed by atoms with E-state index in [0.717, 1.165) is 47.6 Å². The average molecular weight is 440 g/mol. The number of hydrogen-bond acceptors (Lipinski definition) is 8. The standard InChI is InChI=1S/C12H13NO3.C12H15NO3/c1-14-9-5-6-7(4-8-10(6)13-8)11(15-2)12(9)16-3;1-14-10-6-8-7-13-5-4-9(8)11(15-2)12(10)16-3/h5,8H,4H2,1-3H3;6-7H,4-5H2,1-3H3.